The predicted octanol–water partition coefficient (Wildman–Crippen LogP) is 4.13. The summed E-state index contributed by atoms with van der Waals surface area (Å²) in [5.74, 6) is -0.0895. The maximum atomic E-state index is 12.3. The third kappa shape index (κ3) is 2.24. The summed E-state index contributed by atoms with van der Waals surface area (Å²) in [6.45, 7) is 3.90. The highest BCUT2D eigenvalue weighted by atomic mass is 16.1. The first-order chi connectivity index (χ1) is 9.75. The van der Waals surface area contributed by atoms with Crippen LogP contribution in [0.1, 0.15) is 16.1 Å². The highest BCUT2D eigenvalue weighted by molar-refractivity contribution is 6.28. The molecular formula is C18H13NO. The van der Waals surface area contributed by atoms with E-state index >= 15 is 0 Å². The zero-order chi connectivity index (χ0) is 13.9. The molecule has 0 atom stereocenters. The standard InChI is InChI=1S/C18H13NO/c1-13(18(20)15-8-3-2-4-9-15)16-12-11-14-7-5-6-10-17(14)19-16/h2-12H,1H2. The molecule has 0 radical (unpaired) electrons. The second-order valence-electron chi connectivity index (χ2n) is 4.56. The lowest BCUT2D eigenvalue weighted by Gasteiger charge is -2.06. The number of hydrogen-bond acceptors (Lipinski definition) is 2. The Morgan fingerprint density at radius 2 is 1.55 bits per heavy atom. The number of allylic oxidation sites excluding steroid dienone is 1. The first kappa shape index (κ1) is 12.3. The maximum Gasteiger partial charge on any atom is 0.194 e. The summed E-state index contributed by atoms with van der Waals surface area (Å²) in [5.41, 5.74) is 2.54. The Morgan fingerprint density at radius 3 is 2.35 bits per heavy atom. The van der Waals surface area contributed by atoms with Gasteiger partial charge in [-0.2, -0.15) is 0 Å². The minimum atomic E-state index is -0.0895. The van der Waals surface area contributed by atoms with E-state index in [9.17, 15) is 4.79 Å². The van der Waals surface area contributed by atoms with Crippen molar-refractivity contribution in [3.8, 4) is 0 Å². The summed E-state index contributed by atoms with van der Waals surface area (Å²) in [6, 6.07) is 20.8. The van der Waals surface area contributed by atoms with Gasteiger partial charge in [-0.15, -0.1) is 0 Å². The second kappa shape index (κ2) is 5.10. The molecule has 1 heterocycles. The summed E-state index contributed by atoms with van der Waals surface area (Å²) < 4.78 is 0. The van der Waals surface area contributed by atoms with Crippen molar-refractivity contribution < 1.29 is 4.79 Å². The Balaban J connectivity index is 1.98. The van der Waals surface area contributed by atoms with Gasteiger partial charge in [0.05, 0.1) is 11.2 Å². The highest BCUT2D eigenvalue weighted by Gasteiger charge is 2.13. The molecule has 2 nitrogen and oxygen atoms in total. The average molecular weight is 259 g/mol. The maximum absolute atomic E-state index is 12.3. The van der Waals surface area contributed by atoms with Crippen LogP contribution in [0.4, 0.5) is 0 Å². The summed E-state index contributed by atoms with van der Waals surface area (Å²) in [4.78, 5) is 16.8. The summed E-state index contributed by atoms with van der Waals surface area (Å²) in [7, 11) is 0. The summed E-state index contributed by atoms with van der Waals surface area (Å²) >= 11 is 0. The number of rotatable bonds is 3. The molecule has 0 saturated heterocycles. The zero-order valence-corrected chi connectivity index (χ0v) is 10.9. The number of nitrogens with zero attached hydrogens (tertiary/aromatic N) is 1. The smallest absolute Gasteiger partial charge is 0.194 e. The van der Waals surface area contributed by atoms with Crippen molar-refractivity contribution in [1.82, 2.24) is 4.98 Å². The fourth-order valence-corrected chi connectivity index (χ4v) is 2.11. The molecule has 3 aromatic rings. The Hall–Kier alpha value is -2.74. The van der Waals surface area contributed by atoms with E-state index < -0.39 is 0 Å². The van der Waals surface area contributed by atoms with Crippen molar-refractivity contribution in [3.63, 3.8) is 0 Å². The van der Waals surface area contributed by atoms with Crippen LogP contribution in [0.2, 0.25) is 0 Å². The van der Waals surface area contributed by atoms with Crippen molar-refractivity contribution in [2.45, 2.75) is 0 Å². The van der Waals surface area contributed by atoms with E-state index in [2.05, 4.69) is 11.6 Å². The van der Waals surface area contributed by atoms with E-state index in [0.717, 1.165) is 10.9 Å². The van der Waals surface area contributed by atoms with Crippen LogP contribution in [0.25, 0.3) is 16.5 Å². The minimum absolute atomic E-state index is 0.0895. The molecule has 0 aliphatic rings. The third-order valence-corrected chi connectivity index (χ3v) is 3.22. The van der Waals surface area contributed by atoms with Crippen LogP contribution in [0.5, 0.6) is 0 Å². The van der Waals surface area contributed by atoms with Crippen molar-refractivity contribution in [2.24, 2.45) is 0 Å². The van der Waals surface area contributed by atoms with E-state index in [-0.39, 0.29) is 5.78 Å². The topological polar surface area (TPSA) is 30.0 Å². The van der Waals surface area contributed by atoms with E-state index in [4.69, 9.17) is 0 Å². The van der Waals surface area contributed by atoms with E-state index in [1.807, 2.05) is 54.6 Å². The molecule has 0 amide bonds. The van der Waals surface area contributed by atoms with Crippen LogP contribution in [0.15, 0.2) is 73.3 Å². The molecule has 0 N–H and O–H groups in total. The lowest BCUT2D eigenvalue weighted by molar-refractivity contribution is 0.105. The van der Waals surface area contributed by atoms with Gasteiger partial charge in [-0.05, 0) is 12.1 Å². The number of aromatic nitrogens is 1. The number of para-hydroxylation sites is 1. The summed E-state index contributed by atoms with van der Waals surface area (Å²) in [6.07, 6.45) is 0. The number of carbonyl (C=O) groups is 1. The molecule has 0 bridgehead atoms. The molecular weight excluding hydrogens is 246 g/mol. The van der Waals surface area contributed by atoms with E-state index in [1.165, 1.54) is 0 Å². The van der Waals surface area contributed by atoms with Crippen molar-refractivity contribution in [2.75, 3.05) is 0 Å². The van der Waals surface area contributed by atoms with Gasteiger partial charge in [-0.25, -0.2) is 4.98 Å². The van der Waals surface area contributed by atoms with E-state index in [0.29, 0.717) is 16.8 Å². The lowest BCUT2D eigenvalue weighted by Crippen LogP contribution is -2.03. The molecule has 0 fully saturated rings. The van der Waals surface area contributed by atoms with Crippen molar-refractivity contribution >= 4 is 22.3 Å². The Kier molecular flexibility index (Phi) is 3.13. The Labute approximate surface area is 117 Å². The molecule has 20 heavy (non-hydrogen) atoms. The number of ketones is 1. The minimum Gasteiger partial charge on any atom is -0.289 e. The van der Waals surface area contributed by atoms with Crippen LogP contribution in [0.3, 0.4) is 0 Å². The SMILES string of the molecule is C=C(C(=O)c1ccccc1)c1ccc2ccccc2n1. The normalized spacial score (nSPS) is 10.4. The summed E-state index contributed by atoms with van der Waals surface area (Å²) in [5, 5.41) is 1.05. The Morgan fingerprint density at radius 1 is 0.850 bits per heavy atom. The Bertz CT molecular complexity index is 791. The fourth-order valence-electron chi connectivity index (χ4n) is 2.11. The number of pyridine rings is 1. The van der Waals surface area contributed by atoms with Gasteiger partial charge < -0.3 is 0 Å². The van der Waals surface area contributed by atoms with Crippen LogP contribution in [-0.4, -0.2) is 10.8 Å². The number of fused-ring (bicyclic) bond motifs is 1. The molecule has 1 aromatic heterocycles. The molecule has 0 spiro atoms. The number of hydrogen-bond donors (Lipinski definition) is 0. The third-order valence-electron chi connectivity index (χ3n) is 3.22. The molecule has 0 saturated carbocycles. The van der Waals surface area contributed by atoms with Gasteiger partial charge in [-0.3, -0.25) is 4.79 Å². The van der Waals surface area contributed by atoms with Crippen LogP contribution >= 0.6 is 0 Å². The first-order valence-corrected chi connectivity index (χ1v) is 6.40. The van der Waals surface area contributed by atoms with Gasteiger partial charge >= 0.3 is 0 Å². The van der Waals surface area contributed by atoms with Crippen molar-refractivity contribution in [3.05, 3.63) is 84.6 Å². The second-order valence-corrected chi connectivity index (χ2v) is 4.56. The average Bonchev–Trinajstić information content (AvgIpc) is 2.54. The number of benzene rings is 2. The zero-order valence-electron chi connectivity index (χ0n) is 10.9. The predicted molar refractivity (Wildman–Crippen MR) is 81.5 cm³/mol. The molecule has 2 aromatic carbocycles. The van der Waals surface area contributed by atoms with Gasteiger partial charge in [0.2, 0.25) is 0 Å². The molecule has 3 rings (SSSR count). The van der Waals surface area contributed by atoms with Crippen molar-refractivity contribution in [1.29, 1.82) is 0 Å². The van der Waals surface area contributed by atoms with Crippen LogP contribution in [0, 0.1) is 0 Å². The highest BCUT2D eigenvalue weighted by Crippen LogP contribution is 2.19. The quantitative estimate of drug-likeness (QED) is 0.523. The lowest BCUT2D eigenvalue weighted by atomic mass is 10.0. The number of carbonyl (C=O) groups excluding carboxylic acids is 1. The van der Waals surface area contributed by atoms with E-state index in [1.54, 1.807) is 12.1 Å². The van der Waals surface area contributed by atoms with Crippen LogP contribution < -0.4 is 0 Å². The fraction of sp³-hybridized carbons (Fsp3) is 0. The number of Topliss-reactive ketones (excluding diaryl/α,β-unsaturated/α-hetero) is 1. The van der Waals surface area contributed by atoms with Crippen LogP contribution in [-0.2, 0) is 0 Å². The molecule has 0 unspecified atom stereocenters. The van der Waals surface area contributed by atoms with Gasteiger partial charge in [0.25, 0.3) is 0 Å². The molecule has 0 aliphatic carbocycles. The molecule has 96 valence electrons. The monoisotopic (exact) mass is 259 g/mol. The van der Waals surface area contributed by atoms with Gasteiger partial charge in [0, 0.05) is 16.5 Å². The van der Waals surface area contributed by atoms with Gasteiger partial charge in [-0.1, -0.05) is 61.2 Å². The first-order valence-electron chi connectivity index (χ1n) is 6.40. The molecule has 0 aliphatic heterocycles. The van der Waals surface area contributed by atoms with Gasteiger partial charge in [0.15, 0.2) is 5.78 Å². The molecule has 2 heteroatoms. The largest absolute Gasteiger partial charge is 0.289 e. The van der Waals surface area contributed by atoms with Gasteiger partial charge in [0.1, 0.15) is 0 Å².